The summed E-state index contributed by atoms with van der Waals surface area (Å²) in [4.78, 5) is 38.0. The minimum Gasteiger partial charge on any atom is -0.444 e. The fourth-order valence-electron chi connectivity index (χ4n) is 4.03. The number of hydrogen-bond acceptors (Lipinski definition) is 6. The van der Waals surface area contributed by atoms with Crippen LogP contribution in [-0.2, 0) is 9.53 Å². The van der Waals surface area contributed by atoms with Crippen LogP contribution in [0.5, 0.6) is 0 Å². The molecule has 8 nitrogen and oxygen atoms in total. The molecule has 0 radical (unpaired) electrons. The zero-order chi connectivity index (χ0) is 20.9. The molecule has 3 heterocycles. The van der Waals surface area contributed by atoms with Gasteiger partial charge in [0.15, 0.2) is 0 Å². The molecule has 0 spiro atoms. The van der Waals surface area contributed by atoms with Crippen molar-refractivity contribution in [2.75, 3.05) is 31.1 Å². The van der Waals surface area contributed by atoms with E-state index in [-0.39, 0.29) is 17.9 Å². The molecule has 0 saturated carbocycles. The van der Waals surface area contributed by atoms with Crippen LogP contribution in [-0.4, -0.2) is 64.7 Å². The van der Waals surface area contributed by atoms with E-state index in [1.54, 1.807) is 12.4 Å². The van der Waals surface area contributed by atoms with Gasteiger partial charge in [0.2, 0.25) is 11.9 Å². The van der Waals surface area contributed by atoms with E-state index in [2.05, 4.69) is 20.2 Å². The number of carbonyl (C=O) groups is 2. The molecule has 2 fully saturated rings. The summed E-state index contributed by atoms with van der Waals surface area (Å²) in [7, 11) is 0. The predicted molar refractivity (Wildman–Crippen MR) is 111 cm³/mol. The Kier molecular flexibility index (Phi) is 6.92. The van der Waals surface area contributed by atoms with Crippen LogP contribution in [0.2, 0.25) is 0 Å². The van der Waals surface area contributed by atoms with Gasteiger partial charge in [0, 0.05) is 50.5 Å². The number of piperidine rings is 2. The number of nitrogens with zero attached hydrogens (tertiary/aromatic N) is 4. The molecule has 3 rings (SSSR count). The molecule has 160 valence electrons. The van der Waals surface area contributed by atoms with Crippen molar-refractivity contribution in [2.24, 2.45) is 5.92 Å². The summed E-state index contributed by atoms with van der Waals surface area (Å²) < 4.78 is 5.32. The molecule has 29 heavy (non-hydrogen) atoms. The standard InChI is InChI=1S/C21H33N5O3/c1-21(2,3)29-20(28)24-15-17-7-4-5-12-26(17)18(27)16-8-13-25(14-9-16)19-22-10-6-11-23-19/h6,10-11,16-17H,4-5,7-9,12-15H2,1-3H3,(H,24,28). The molecule has 2 amide bonds. The second kappa shape index (κ2) is 9.41. The van der Waals surface area contributed by atoms with Gasteiger partial charge in [-0.1, -0.05) is 0 Å². The van der Waals surface area contributed by atoms with Gasteiger partial charge in [0.05, 0.1) is 0 Å². The molecule has 0 aliphatic carbocycles. The molecule has 0 bridgehead atoms. The highest BCUT2D eigenvalue weighted by Gasteiger charge is 2.34. The molecular weight excluding hydrogens is 370 g/mol. The maximum atomic E-state index is 13.2. The lowest BCUT2D eigenvalue weighted by molar-refractivity contribution is -0.139. The molecule has 8 heteroatoms. The van der Waals surface area contributed by atoms with Crippen molar-refractivity contribution >= 4 is 17.9 Å². The average molecular weight is 404 g/mol. The van der Waals surface area contributed by atoms with Gasteiger partial charge in [0.1, 0.15) is 5.60 Å². The molecule has 1 atom stereocenters. The number of anilines is 1. The number of rotatable bonds is 4. The molecule has 2 saturated heterocycles. The van der Waals surface area contributed by atoms with E-state index in [0.29, 0.717) is 6.54 Å². The van der Waals surface area contributed by atoms with Crippen LogP contribution in [0.1, 0.15) is 52.9 Å². The van der Waals surface area contributed by atoms with Crippen molar-refractivity contribution in [3.63, 3.8) is 0 Å². The van der Waals surface area contributed by atoms with Gasteiger partial charge in [0.25, 0.3) is 0 Å². The molecule has 1 N–H and O–H groups in total. The highest BCUT2D eigenvalue weighted by Crippen LogP contribution is 2.26. The number of aromatic nitrogens is 2. The summed E-state index contributed by atoms with van der Waals surface area (Å²) in [5, 5.41) is 2.85. The molecule has 1 aromatic heterocycles. The SMILES string of the molecule is CC(C)(C)OC(=O)NCC1CCCCN1C(=O)C1CCN(c2ncccn2)CC1. The first-order valence-electron chi connectivity index (χ1n) is 10.6. The van der Waals surface area contributed by atoms with Crippen LogP contribution in [0.4, 0.5) is 10.7 Å². The van der Waals surface area contributed by atoms with Crippen LogP contribution < -0.4 is 10.2 Å². The number of alkyl carbamates (subject to hydrolysis) is 1. The fourth-order valence-corrected chi connectivity index (χ4v) is 4.03. The number of hydrogen-bond donors (Lipinski definition) is 1. The number of carbonyl (C=O) groups excluding carboxylic acids is 2. The van der Waals surface area contributed by atoms with Gasteiger partial charge in [-0.15, -0.1) is 0 Å². The summed E-state index contributed by atoms with van der Waals surface area (Å²) in [6, 6.07) is 1.85. The Balaban J connectivity index is 1.52. The Morgan fingerprint density at radius 3 is 2.45 bits per heavy atom. The Labute approximate surface area is 173 Å². The second-order valence-electron chi connectivity index (χ2n) is 8.87. The largest absolute Gasteiger partial charge is 0.444 e. The summed E-state index contributed by atoms with van der Waals surface area (Å²) in [6.07, 6.45) is 7.69. The minimum absolute atomic E-state index is 0.0251. The molecule has 1 unspecified atom stereocenters. The van der Waals surface area contributed by atoms with E-state index in [1.807, 2.05) is 31.7 Å². The zero-order valence-corrected chi connectivity index (χ0v) is 17.8. The fraction of sp³-hybridized carbons (Fsp3) is 0.714. The van der Waals surface area contributed by atoms with Crippen molar-refractivity contribution in [1.29, 1.82) is 0 Å². The Bertz CT molecular complexity index is 683. The Morgan fingerprint density at radius 2 is 1.79 bits per heavy atom. The average Bonchev–Trinajstić information content (AvgIpc) is 2.71. The summed E-state index contributed by atoms with van der Waals surface area (Å²) in [5.74, 6) is 0.974. The van der Waals surface area contributed by atoms with Crippen LogP contribution in [0.25, 0.3) is 0 Å². The van der Waals surface area contributed by atoms with E-state index >= 15 is 0 Å². The van der Waals surface area contributed by atoms with Crippen molar-refractivity contribution in [3.05, 3.63) is 18.5 Å². The van der Waals surface area contributed by atoms with Gasteiger partial charge >= 0.3 is 6.09 Å². The maximum absolute atomic E-state index is 13.2. The first kappa shape index (κ1) is 21.3. The summed E-state index contributed by atoms with van der Waals surface area (Å²) in [6.45, 7) is 8.31. The van der Waals surface area contributed by atoms with Crippen LogP contribution in [0.15, 0.2) is 18.5 Å². The highest BCUT2D eigenvalue weighted by atomic mass is 16.6. The van der Waals surface area contributed by atoms with Crippen molar-refractivity contribution in [2.45, 2.75) is 64.5 Å². The van der Waals surface area contributed by atoms with Crippen molar-refractivity contribution in [3.8, 4) is 0 Å². The molecular formula is C21H33N5O3. The van der Waals surface area contributed by atoms with Gasteiger partial charge < -0.3 is 19.9 Å². The lowest BCUT2D eigenvalue weighted by atomic mass is 9.92. The van der Waals surface area contributed by atoms with Crippen LogP contribution in [0, 0.1) is 5.92 Å². The maximum Gasteiger partial charge on any atom is 0.407 e. The minimum atomic E-state index is -0.525. The van der Waals surface area contributed by atoms with Crippen LogP contribution in [0.3, 0.4) is 0 Å². The van der Waals surface area contributed by atoms with Crippen molar-refractivity contribution in [1.82, 2.24) is 20.2 Å². The Hall–Kier alpha value is -2.38. The molecule has 0 aromatic carbocycles. The third-order valence-electron chi connectivity index (χ3n) is 5.47. The van der Waals surface area contributed by atoms with Gasteiger partial charge in [-0.3, -0.25) is 4.79 Å². The summed E-state index contributed by atoms with van der Waals surface area (Å²) >= 11 is 0. The van der Waals surface area contributed by atoms with Crippen molar-refractivity contribution < 1.29 is 14.3 Å². The van der Waals surface area contributed by atoms with Gasteiger partial charge in [-0.05, 0) is 58.9 Å². The molecule has 2 aliphatic rings. The summed E-state index contributed by atoms with van der Waals surface area (Å²) in [5.41, 5.74) is -0.525. The van der Waals surface area contributed by atoms with Crippen LogP contribution >= 0.6 is 0 Å². The predicted octanol–water partition coefficient (Wildman–Crippen LogP) is 2.60. The van der Waals surface area contributed by atoms with E-state index in [1.165, 1.54) is 0 Å². The monoisotopic (exact) mass is 403 g/mol. The van der Waals surface area contributed by atoms with E-state index in [0.717, 1.165) is 57.7 Å². The number of likely N-dealkylation sites (tertiary alicyclic amines) is 1. The number of nitrogens with one attached hydrogen (secondary N) is 1. The zero-order valence-electron chi connectivity index (χ0n) is 17.8. The lowest BCUT2D eigenvalue weighted by Gasteiger charge is -2.40. The number of ether oxygens (including phenoxy) is 1. The molecule has 1 aromatic rings. The van der Waals surface area contributed by atoms with E-state index < -0.39 is 11.7 Å². The highest BCUT2D eigenvalue weighted by molar-refractivity contribution is 5.79. The third kappa shape index (κ3) is 6.05. The second-order valence-corrected chi connectivity index (χ2v) is 8.87. The topological polar surface area (TPSA) is 87.7 Å². The first-order valence-corrected chi connectivity index (χ1v) is 10.6. The smallest absolute Gasteiger partial charge is 0.407 e. The normalized spacial score (nSPS) is 21.0. The molecule has 2 aliphatic heterocycles. The van der Waals surface area contributed by atoms with Gasteiger partial charge in [-0.2, -0.15) is 0 Å². The third-order valence-corrected chi connectivity index (χ3v) is 5.47. The lowest BCUT2D eigenvalue weighted by Crippen LogP contribution is -2.53. The number of amides is 2. The van der Waals surface area contributed by atoms with E-state index in [9.17, 15) is 9.59 Å². The Morgan fingerprint density at radius 1 is 1.10 bits per heavy atom. The quantitative estimate of drug-likeness (QED) is 0.831. The first-order chi connectivity index (χ1) is 13.8. The van der Waals surface area contributed by atoms with Gasteiger partial charge in [-0.25, -0.2) is 14.8 Å². The van der Waals surface area contributed by atoms with E-state index in [4.69, 9.17) is 4.74 Å².